The second-order valence-electron chi connectivity index (χ2n) is 3.66. The molecule has 0 aromatic carbocycles. The van der Waals surface area contributed by atoms with E-state index in [1.165, 1.54) is 5.57 Å². The molecule has 0 aromatic heterocycles. The van der Waals surface area contributed by atoms with Crippen molar-refractivity contribution in [2.24, 2.45) is 5.92 Å². The van der Waals surface area contributed by atoms with Crippen molar-refractivity contribution in [2.75, 3.05) is 6.26 Å². The van der Waals surface area contributed by atoms with Gasteiger partial charge in [-0.3, -0.25) is 4.21 Å². The molecular weight excluding hydrogens is 180 g/mol. The van der Waals surface area contributed by atoms with E-state index in [0.29, 0.717) is 5.92 Å². The van der Waals surface area contributed by atoms with Crippen LogP contribution in [0.1, 0.15) is 33.6 Å². The topological polar surface area (TPSA) is 17.1 Å². The zero-order chi connectivity index (χ0) is 10.3. The Morgan fingerprint density at radius 1 is 1.46 bits per heavy atom. The van der Waals surface area contributed by atoms with E-state index < -0.39 is 10.8 Å². The van der Waals surface area contributed by atoms with E-state index >= 15 is 0 Å². The Labute approximate surface area is 84.4 Å². The lowest BCUT2D eigenvalue weighted by Gasteiger charge is -2.02. The third-order valence-electron chi connectivity index (χ3n) is 1.77. The summed E-state index contributed by atoms with van der Waals surface area (Å²) >= 11 is 0. The molecule has 2 heteroatoms. The lowest BCUT2D eigenvalue weighted by atomic mass is 10.1. The lowest BCUT2D eigenvalue weighted by Crippen LogP contribution is -1.89. The van der Waals surface area contributed by atoms with Crippen LogP contribution in [0.4, 0.5) is 0 Å². The first-order chi connectivity index (χ1) is 6.02. The quantitative estimate of drug-likeness (QED) is 0.623. The van der Waals surface area contributed by atoms with Gasteiger partial charge in [-0.1, -0.05) is 24.6 Å². The monoisotopic (exact) mass is 200 g/mol. The molecule has 2 atom stereocenters. The second kappa shape index (κ2) is 7.07. The van der Waals surface area contributed by atoms with E-state index in [0.717, 1.165) is 12.8 Å². The Bertz CT molecular complexity index is 212. The molecule has 0 aromatic rings. The van der Waals surface area contributed by atoms with Crippen LogP contribution < -0.4 is 0 Å². The maximum absolute atomic E-state index is 10.7. The van der Waals surface area contributed by atoms with Gasteiger partial charge in [-0.25, -0.2) is 0 Å². The van der Waals surface area contributed by atoms with Gasteiger partial charge in [0, 0.05) is 17.1 Å². The molecule has 76 valence electrons. The summed E-state index contributed by atoms with van der Waals surface area (Å²) in [4.78, 5) is 0. The van der Waals surface area contributed by atoms with Crippen molar-refractivity contribution in [2.45, 2.75) is 33.6 Å². The van der Waals surface area contributed by atoms with Gasteiger partial charge in [0.05, 0.1) is 0 Å². The SMILES string of the molecule is CC(C)=CCCC(C)/C=C/S(C)=O. The highest BCUT2D eigenvalue weighted by molar-refractivity contribution is 7.87. The third kappa shape index (κ3) is 9.54. The maximum Gasteiger partial charge on any atom is 0.0421 e. The molecule has 0 aliphatic rings. The lowest BCUT2D eigenvalue weighted by molar-refractivity contribution is 0.656. The first-order valence-corrected chi connectivity index (χ1v) is 6.28. The summed E-state index contributed by atoms with van der Waals surface area (Å²) in [5.74, 6) is 0.527. The predicted molar refractivity (Wildman–Crippen MR) is 61.0 cm³/mol. The Hall–Kier alpha value is -0.370. The van der Waals surface area contributed by atoms with Crippen molar-refractivity contribution in [1.29, 1.82) is 0 Å². The Morgan fingerprint density at radius 3 is 2.54 bits per heavy atom. The van der Waals surface area contributed by atoms with Crippen molar-refractivity contribution < 1.29 is 4.21 Å². The first-order valence-electron chi connectivity index (χ1n) is 4.66. The fraction of sp³-hybridized carbons (Fsp3) is 0.636. The van der Waals surface area contributed by atoms with Crippen LogP contribution in [0.2, 0.25) is 0 Å². The summed E-state index contributed by atoms with van der Waals surface area (Å²) in [5, 5.41) is 1.77. The van der Waals surface area contributed by atoms with Crippen LogP contribution in [0.5, 0.6) is 0 Å². The third-order valence-corrected chi connectivity index (χ3v) is 2.31. The van der Waals surface area contributed by atoms with Crippen LogP contribution in [0, 0.1) is 5.92 Å². The standard InChI is InChI=1S/C11H20OS/c1-10(2)6-5-7-11(3)8-9-13(4)12/h6,8-9,11H,5,7H2,1-4H3/b9-8+. The minimum atomic E-state index is -0.796. The summed E-state index contributed by atoms with van der Waals surface area (Å²) in [5.41, 5.74) is 1.37. The molecule has 0 heterocycles. The van der Waals surface area contributed by atoms with Gasteiger partial charge in [0.1, 0.15) is 0 Å². The summed E-state index contributed by atoms with van der Waals surface area (Å²) in [6.07, 6.45) is 8.23. The summed E-state index contributed by atoms with van der Waals surface area (Å²) in [6.45, 7) is 6.38. The normalized spacial score (nSPS) is 15.7. The molecule has 0 N–H and O–H groups in total. The molecule has 0 saturated heterocycles. The minimum absolute atomic E-state index is 0.527. The Morgan fingerprint density at radius 2 is 2.08 bits per heavy atom. The van der Waals surface area contributed by atoms with Crippen LogP contribution >= 0.6 is 0 Å². The molecule has 0 spiro atoms. The molecule has 0 fully saturated rings. The zero-order valence-corrected chi connectivity index (χ0v) is 9.86. The van der Waals surface area contributed by atoms with Crippen molar-refractivity contribution in [1.82, 2.24) is 0 Å². The van der Waals surface area contributed by atoms with Crippen molar-refractivity contribution in [3.8, 4) is 0 Å². The molecule has 0 amide bonds. The molecule has 13 heavy (non-hydrogen) atoms. The van der Waals surface area contributed by atoms with Gasteiger partial charge >= 0.3 is 0 Å². The highest BCUT2D eigenvalue weighted by Crippen LogP contribution is 2.09. The molecule has 0 aliphatic heterocycles. The smallest absolute Gasteiger partial charge is 0.0421 e. The average molecular weight is 200 g/mol. The molecular formula is C11H20OS. The van der Waals surface area contributed by atoms with E-state index in [1.807, 2.05) is 6.08 Å². The molecule has 0 rings (SSSR count). The van der Waals surface area contributed by atoms with Gasteiger partial charge in [-0.2, -0.15) is 0 Å². The van der Waals surface area contributed by atoms with Crippen LogP contribution in [-0.4, -0.2) is 10.5 Å². The molecule has 0 saturated carbocycles. The highest BCUT2D eigenvalue weighted by atomic mass is 32.2. The van der Waals surface area contributed by atoms with Crippen LogP contribution in [-0.2, 0) is 10.8 Å². The van der Waals surface area contributed by atoms with Gasteiger partial charge in [0.25, 0.3) is 0 Å². The van der Waals surface area contributed by atoms with Gasteiger partial charge in [-0.05, 0) is 38.0 Å². The first kappa shape index (κ1) is 12.6. The number of hydrogen-bond donors (Lipinski definition) is 0. The summed E-state index contributed by atoms with van der Waals surface area (Å²) < 4.78 is 10.7. The van der Waals surface area contributed by atoms with E-state index in [2.05, 4.69) is 26.8 Å². The molecule has 1 nitrogen and oxygen atoms in total. The predicted octanol–water partition coefficient (Wildman–Crippen LogP) is 3.26. The molecule has 2 unspecified atom stereocenters. The Kier molecular flexibility index (Phi) is 6.87. The van der Waals surface area contributed by atoms with Gasteiger partial charge in [0.15, 0.2) is 0 Å². The second-order valence-corrected chi connectivity index (χ2v) is 4.93. The fourth-order valence-electron chi connectivity index (χ4n) is 0.976. The highest BCUT2D eigenvalue weighted by Gasteiger charge is 1.95. The van der Waals surface area contributed by atoms with Gasteiger partial charge in [-0.15, -0.1) is 0 Å². The number of allylic oxidation sites excluding steroid dienone is 3. The fourth-order valence-corrected chi connectivity index (χ4v) is 1.47. The van der Waals surface area contributed by atoms with E-state index in [1.54, 1.807) is 11.7 Å². The molecule has 0 radical (unpaired) electrons. The van der Waals surface area contributed by atoms with E-state index in [9.17, 15) is 4.21 Å². The minimum Gasteiger partial charge on any atom is -0.255 e. The van der Waals surface area contributed by atoms with Crippen molar-refractivity contribution in [3.63, 3.8) is 0 Å². The van der Waals surface area contributed by atoms with Crippen LogP contribution in [0.15, 0.2) is 23.1 Å². The van der Waals surface area contributed by atoms with Crippen LogP contribution in [0.25, 0.3) is 0 Å². The largest absolute Gasteiger partial charge is 0.255 e. The molecule has 0 bridgehead atoms. The summed E-state index contributed by atoms with van der Waals surface area (Å²) in [7, 11) is -0.796. The van der Waals surface area contributed by atoms with E-state index in [4.69, 9.17) is 0 Å². The summed E-state index contributed by atoms with van der Waals surface area (Å²) in [6, 6.07) is 0. The zero-order valence-electron chi connectivity index (χ0n) is 9.04. The van der Waals surface area contributed by atoms with Crippen molar-refractivity contribution in [3.05, 3.63) is 23.1 Å². The van der Waals surface area contributed by atoms with E-state index in [-0.39, 0.29) is 0 Å². The number of rotatable bonds is 5. The van der Waals surface area contributed by atoms with Crippen LogP contribution in [0.3, 0.4) is 0 Å². The molecule has 0 aliphatic carbocycles. The number of hydrogen-bond acceptors (Lipinski definition) is 1. The van der Waals surface area contributed by atoms with Gasteiger partial charge < -0.3 is 0 Å². The van der Waals surface area contributed by atoms with Gasteiger partial charge in [0.2, 0.25) is 0 Å². The average Bonchev–Trinajstić information content (AvgIpc) is 2.00. The van der Waals surface area contributed by atoms with Crippen molar-refractivity contribution >= 4 is 10.8 Å². The Balaban J connectivity index is 3.69. The maximum atomic E-state index is 10.7.